The molecule has 1 heterocycles. The fourth-order valence-corrected chi connectivity index (χ4v) is 2.63. The minimum absolute atomic E-state index is 0.425. The number of alkyl halides is 3. The molecule has 0 bridgehead atoms. The molecule has 2 rings (SSSR count). The van der Waals surface area contributed by atoms with Gasteiger partial charge in [-0.05, 0) is 17.7 Å². The first-order valence-corrected chi connectivity index (χ1v) is 8.98. The summed E-state index contributed by atoms with van der Waals surface area (Å²) >= 11 is 0. The minimum atomic E-state index is -4.33. The van der Waals surface area contributed by atoms with E-state index in [0.717, 1.165) is 29.9 Å². The third-order valence-electron chi connectivity index (χ3n) is 4.08. The van der Waals surface area contributed by atoms with E-state index in [2.05, 4.69) is 27.1 Å². The lowest BCUT2D eigenvalue weighted by Crippen LogP contribution is -2.39. The Kier molecular flexibility index (Phi) is 7.60. The summed E-state index contributed by atoms with van der Waals surface area (Å²) in [7, 11) is 1.84. The van der Waals surface area contributed by atoms with Crippen LogP contribution >= 0.6 is 0 Å². The quantitative estimate of drug-likeness (QED) is 0.425. The van der Waals surface area contributed by atoms with Crippen LogP contribution in [0.4, 0.5) is 13.2 Å². The Morgan fingerprint density at radius 3 is 2.64 bits per heavy atom. The van der Waals surface area contributed by atoms with E-state index >= 15 is 0 Å². The monoisotopic (exact) mass is 394 g/mol. The Morgan fingerprint density at radius 2 is 2.04 bits per heavy atom. The van der Waals surface area contributed by atoms with Crippen molar-refractivity contribution in [3.8, 4) is 0 Å². The van der Waals surface area contributed by atoms with Gasteiger partial charge >= 0.3 is 6.18 Å². The second-order valence-corrected chi connectivity index (χ2v) is 6.22. The Morgan fingerprint density at radius 1 is 1.32 bits per heavy atom. The maximum absolute atomic E-state index is 12.7. The molecule has 28 heavy (non-hydrogen) atoms. The van der Waals surface area contributed by atoms with E-state index in [1.54, 1.807) is 12.4 Å². The molecule has 152 valence electrons. The number of aromatic nitrogens is 3. The van der Waals surface area contributed by atoms with Gasteiger partial charge in [-0.25, -0.2) is 0 Å². The van der Waals surface area contributed by atoms with Crippen LogP contribution in [-0.4, -0.2) is 45.8 Å². The molecule has 0 atom stereocenters. The zero-order valence-electron chi connectivity index (χ0n) is 16.1. The van der Waals surface area contributed by atoms with Crippen LogP contribution in [0.3, 0.4) is 0 Å². The minimum Gasteiger partial charge on any atom is -0.353 e. The number of halogens is 3. The number of benzene rings is 1. The van der Waals surface area contributed by atoms with E-state index < -0.39 is 11.7 Å². The van der Waals surface area contributed by atoms with Gasteiger partial charge < -0.3 is 14.8 Å². The van der Waals surface area contributed by atoms with Crippen LogP contribution in [0, 0.1) is 0 Å². The van der Waals surface area contributed by atoms with Crippen molar-refractivity contribution in [1.29, 1.82) is 0 Å². The third kappa shape index (κ3) is 6.11. The summed E-state index contributed by atoms with van der Waals surface area (Å²) in [6.45, 7) is 7.82. The van der Waals surface area contributed by atoms with Crippen molar-refractivity contribution in [1.82, 2.24) is 25.0 Å². The normalized spacial score (nSPS) is 12.1. The predicted octanol–water partition coefficient (Wildman–Crippen LogP) is 3.12. The molecule has 1 aromatic heterocycles. The van der Waals surface area contributed by atoms with Crippen LogP contribution < -0.4 is 5.32 Å². The van der Waals surface area contributed by atoms with Gasteiger partial charge in [-0.1, -0.05) is 25.1 Å². The highest BCUT2D eigenvalue weighted by Crippen LogP contribution is 2.29. The smallest absolute Gasteiger partial charge is 0.353 e. The van der Waals surface area contributed by atoms with Crippen LogP contribution in [-0.2, 0) is 25.7 Å². The standard InChI is InChI=1S/C19H25F3N6/c1-4-10-23-18(24-11-12-28-14-25-26-17(28)5-2)27(3)13-15-6-8-16(9-7-15)19(20,21)22/h4,6-9,14H,1,5,10-13H2,2-3H3,(H,23,24). The maximum atomic E-state index is 12.7. The summed E-state index contributed by atoms with van der Waals surface area (Å²) in [5.41, 5.74) is 0.105. The first kappa shape index (κ1) is 21.5. The molecule has 1 N–H and O–H groups in total. The van der Waals surface area contributed by atoms with Crippen molar-refractivity contribution < 1.29 is 13.2 Å². The fourth-order valence-electron chi connectivity index (χ4n) is 2.63. The molecule has 1 aromatic carbocycles. The van der Waals surface area contributed by atoms with E-state index in [9.17, 15) is 13.2 Å². The Hall–Kier alpha value is -2.84. The summed E-state index contributed by atoms with van der Waals surface area (Å²) < 4.78 is 40.0. The van der Waals surface area contributed by atoms with Gasteiger partial charge in [0.2, 0.25) is 0 Å². The van der Waals surface area contributed by atoms with E-state index in [-0.39, 0.29) is 0 Å². The highest BCUT2D eigenvalue weighted by atomic mass is 19.4. The average Bonchev–Trinajstić information content (AvgIpc) is 3.11. The van der Waals surface area contributed by atoms with Crippen LogP contribution in [0.5, 0.6) is 0 Å². The number of rotatable bonds is 8. The average molecular weight is 394 g/mol. The first-order chi connectivity index (χ1) is 13.3. The van der Waals surface area contributed by atoms with Gasteiger partial charge in [0.15, 0.2) is 5.96 Å². The molecule has 9 heteroatoms. The third-order valence-corrected chi connectivity index (χ3v) is 4.08. The van der Waals surface area contributed by atoms with Gasteiger partial charge in [-0.15, -0.1) is 16.8 Å². The molecule has 0 fully saturated rings. The summed E-state index contributed by atoms with van der Waals surface area (Å²) in [5, 5.41) is 11.1. The second kappa shape index (κ2) is 9.91. The van der Waals surface area contributed by atoms with E-state index in [1.807, 2.05) is 23.4 Å². The molecule has 2 aromatic rings. The number of aryl methyl sites for hydroxylation is 1. The fraction of sp³-hybridized carbons (Fsp3) is 0.421. The molecule has 0 aliphatic carbocycles. The summed E-state index contributed by atoms with van der Waals surface area (Å²) in [4.78, 5) is 6.45. The summed E-state index contributed by atoms with van der Waals surface area (Å²) in [6, 6.07) is 5.15. The van der Waals surface area contributed by atoms with Crippen molar-refractivity contribution in [3.63, 3.8) is 0 Å². The molecule has 0 unspecified atom stereocenters. The number of nitrogens with one attached hydrogen (secondary N) is 1. The molecular formula is C19H25F3N6. The van der Waals surface area contributed by atoms with Gasteiger partial charge in [-0.3, -0.25) is 4.99 Å². The van der Waals surface area contributed by atoms with Crippen molar-refractivity contribution >= 4 is 5.96 Å². The van der Waals surface area contributed by atoms with Crippen LogP contribution in [0.1, 0.15) is 23.9 Å². The van der Waals surface area contributed by atoms with Gasteiger partial charge in [0.25, 0.3) is 0 Å². The molecule has 0 saturated carbocycles. The van der Waals surface area contributed by atoms with Gasteiger partial charge in [0.1, 0.15) is 12.2 Å². The number of hydrogen-bond donors (Lipinski definition) is 1. The summed E-state index contributed by atoms with van der Waals surface area (Å²) in [5.74, 6) is 1.54. The highest BCUT2D eigenvalue weighted by molar-refractivity contribution is 5.79. The predicted molar refractivity (Wildman–Crippen MR) is 103 cm³/mol. The lowest BCUT2D eigenvalue weighted by atomic mass is 10.1. The molecule has 0 spiro atoms. The molecule has 0 aliphatic rings. The Bertz CT molecular complexity index is 780. The van der Waals surface area contributed by atoms with E-state index in [0.29, 0.717) is 32.1 Å². The van der Waals surface area contributed by atoms with Gasteiger partial charge in [-0.2, -0.15) is 13.2 Å². The van der Waals surface area contributed by atoms with E-state index in [1.165, 1.54) is 12.1 Å². The van der Waals surface area contributed by atoms with E-state index in [4.69, 9.17) is 0 Å². The lowest BCUT2D eigenvalue weighted by molar-refractivity contribution is -0.137. The maximum Gasteiger partial charge on any atom is 0.416 e. The Labute approximate surface area is 162 Å². The highest BCUT2D eigenvalue weighted by Gasteiger charge is 2.29. The molecular weight excluding hydrogens is 369 g/mol. The second-order valence-electron chi connectivity index (χ2n) is 6.22. The van der Waals surface area contributed by atoms with Crippen LogP contribution in [0.2, 0.25) is 0 Å². The molecule has 6 nitrogen and oxygen atoms in total. The summed E-state index contributed by atoms with van der Waals surface area (Å²) in [6.07, 6.45) is -0.144. The largest absolute Gasteiger partial charge is 0.416 e. The zero-order chi connectivity index (χ0) is 20.6. The van der Waals surface area contributed by atoms with Crippen molar-refractivity contribution in [2.75, 3.05) is 20.1 Å². The van der Waals surface area contributed by atoms with Crippen LogP contribution in [0.15, 0.2) is 48.2 Å². The first-order valence-electron chi connectivity index (χ1n) is 8.98. The van der Waals surface area contributed by atoms with Crippen LogP contribution in [0.25, 0.3) is 0 Å². The number of aliphatic imine (C=N–C) groups is 1. The number of guanidine groups is 1. The van der Waals surface area contributed by atoms with Crippen molar-refractivity contribution in [2.24, 2.45) is 4.99 Å². The van der Waals surface area contributed by atoms with Gasteiger partial charge in [0.05, 0.1) is 12.1 Å². The SMILES string of the molecule is C=CCNC(=NCCn1cnnc1CC)N(C)Cc1ccc(C(F)(F)F)cc1. The molecule has 0 radical (unpaired) electrons. The van der Waals surface area contributed by atoms with Crippen molar-refractivity contribution in [3.05, 3.63) is 60.2 Å². The topological polar surface area (TPSA) is 58.3 Å². The number of hydrogen-bond acceptors (Lipinski definition) is 3. The zero-order valence-corrected chi connectivity index (χ0v) is 16.1. The van der Waals surface area contributed by atoms with Gasteiger partial charge in [0, 0.05) is 33.1 Å². The molecule has 0 aliphatic heterocycles. The number of nitrogens with zero attached hydrogens (tertiary/aromatic N) is 5. The molecule has 0 amide bonds. The lowest BCUT2D eigenvalue weighted by Gasteiger charge is -2.22. The Balaban J connectivity index is 2.03. The van der Waals surface area contributed by atoms with Crippen molar-refractivity contribution in [2.45, 2.75) is 32.6 Å². The molecule has 0 saturated heterocycles.